The molecule has 1 aromatic carbocycles. The molecular formula is C18H23N3. The van der Waals surface area contributed by atoms with Crippen molar-refractivity contribution in [2.45, 2.75) is 45.4 Å². The number of nitrogens with zero attached hydrogens (tertiary/aromatic N) is 2. The highest BCUT2D eigenvalue weighted by Gasteiger charge is 2.20. The van der Waals surface area contributed by atoms with Crippen LogP contribution in [-0.2, 0) is 0 Å². The zero-order valence-electron chi connectivity index (χ0n) is 13.1. The molecule has 21 heavy (non-hydrogen) atoms. The van der Waals surface area contributed by atoms with Crippen LogP contribution in [0.15, 0.2) is 24.3 Å². The third-order valence-electron chi connectivity index (χ3n) is 4.54. The van der Waals surface area contributed by atoms with Gasteiger partial charge in [-0.2, -0.15) is 0 Å². The van der Waals surface area contributed by atoms with E-state index in [-0.39, 0.29) is 0 Å². The van der Waals surface area contributed by atoms with Crippen molar-refractivity contribution in [2.75, 3.05) is 12.4 Å². The Hall–Kier alpha value is -1.90. The molecule has 0 atom stereocenters. The van der Waals surface area contributed by atoms with Crippen molar-refractivity contribution < 1.29 is 0 Å². The summed E-state index contributed by atoms with van der Waals surface area (Å²) in [6.07, 6.45) is 5.16. The van der Waals surface area contributed by atoms with Crippen molar-refractivity contribution in [3.05, 3.63) is 41.1 Å². The number of rotatable bonds is 3. The number of benzene rings is 1. The Balaban J connectivity index is 2.04. The number of hydrogen-bond acceptors (Lipinski definition) is 3. The van der Waals surface area contributed by atoms with E-state index in [1.165, 1.54) is 42.5 Å². The molecule has 0 amide bonds. The summed E-state index contributed by atoms with van der Waals surface area (Å²) in [4.78, 5) is 9.50. The van der Waals surface area contributed by atoms with Crippen LogP contribution in [0, 0.1) is 13.8 Å². The lowest BCUT2D eigenvalue weighted by Gasteiger charge is -2.13. The summed E-state index contributed by atoms with van der Waals surface area (Å²) in [5, 5.41) is 3.18. The van der Waals surface area contributed by atoms with Crippen molar-refractivity contribution in [1.29, 1.82) is 0 Å². The van der Waals surface area contributed by atoms with E-state index in [1.807, 2.05) is 7.05 Å². The summed E-state index contributed by atoms with van der Waals surface area (Å²) in [7, 11) is 1.92. The zero-order chi connectivity index (χ0) is 14.8. The smallest absolute Gasteiger partial charge is 0.161 e. The summed E-state index contributed by atoms with van der Waals surface area (Å²) < 4.78 is 0. The molecule has 2 aromatic rings. The molecule has 1 N–H and O–H groups in total. The van der Waals surface area contributed by atoms with E-state index in [2.05, 4.69) is 48.4 Å². The first-order valence-corrected chi connectivity index (χ1v) is 7.81. The van der Waals surface area contributed by atoms with Crippen molar-refractivity contribution in [3.63, 3.8) is 0 Å². The van der Waals surface area contributed by atoms with Gasteiger partial charge in [0.05, 0.1) is 0 Å². The predicted octanol–water partition coefficient (Wildman–Crippen LogP) is 4.46. The lowest BCUT2D eigenvalue weighted by atomic mass is 10.0. The number of anilines is 1. The van der Waals surface area contributed by atoms with E-state index in [9.17, 15) is 0 Å². The van der Waals surface area contributed by atoms with Gasteiger partial charge >= 0.3 is 0 Å². The number of nitrogens with one attached hydrogen (secondary N) is 1. The Morgan fingerprint density at radius 2 is 1.76 bits per heavy atom. The molecular weight excluding hydrogens is 258 g/mol. The fourth-order valence-electron chi connectivity index (χ4n) is 3.03. The Morgan fingerprint density at radius 1 is 1.00 bits per heavy atom. The van der Waals surface area contributed by atoms with Crippen molar-refractivity contribution >= 4 is 5.82 Å². The molecule has 1 saturated carbocycles. The maximum atomic E-state index is 4.85. The molecule has 110 valence electrons. The number of hydrogen-bond donors (Lipinski definition) is 1. The maximum absolute atomic E-state index is 4.85. The molecule has 1 aromatic heterocycles. The minimum atomic E-state index is 0.602. The van der Waals surface area contributed by atoms with Gasteiger partial charge in [0.15, 0.2) is 5.82 Å². The van der Waals surface area contributed by atoms with E-state index < -0.39 is 0 Å². The SMILES string of the molecule is CNc1cc(C2CCCC2)nc(-c2ccc(C)c(C)c2)n1. The molecule has 0 radical (unpaired) electrons. The maximum Gasteiger partial charge on any atom is 0.161 e. The van der Waals surface area contributed by atoms with Gasteiger partial charge in [-0.1, -0.05) is 25.0 Å². The summed E-state index contributed by atoms with van der Waals surface area (Å²) in [5.74, 6) is 2.36. The molecule has 0 bridgehead atoms. The topological polar surface area (TPSA) is 37.8 Å². The third-order valence-corrected chi connectivity index (χ3v) is 4.54. The highest BCUT2D eigenvalue weighted by molar-refractivity contribution is 5.59. The fraction of sp³-hybridized carbons (Fsp3) is 0.444. The highest BCUT2D eigenvalue weighted by Crippen LogP contribution is 2.34. The normalized spacial score (nSPS) is 15.4. The average Bonchev–Trinajstić information content (AvgIpc) is 3.04. The molecule has 1 fully saturated rings. The summed E-state index contributed by atoms with van der Waals surface area (Å²) in [6.45, 7) is 4.27. The molecule has 0 spiro atoms. The molecule has 1 aliphatic carbocycles. The monoisotopic (exact) mass is 281 g/mol. The predicted molar refractivity (Wildman–Crippen MR) is 87.7 cm³/mol. The lowest BCUT2D eigenvalue weighted by Crippen LogP contribution is -2.04. The van der Waals surface area contributed by atoms with E-state index in [0.717, 1.165) is 17.2 Å². The second kappa shape index (κ2) is 5.84. The van der Waals surface area contributed by atoms with Crippen molar-refractivity contribution in [2.24, 2.45) is 0 Å². The lowest BCUT2D eigenvalue weighted by molar-refractivity contribution is 0.696. The van der Waals surface area contributed by atoms with Gasteiger partial charge in [0.2, 0.25) is 0 Å². The first-order valence-electron chi connectivity index (χ1n) is 7.81. The highest BCUT2D eigenvalue weighted by atomic mass is 15.0. The molecule has 3 nitrogen and oxygen atoms in total. The first kappa shape index (κ1) is 14.1. The van der Waals surface area contributed by atoms with Crippen molar-refractivity contribution in [3.8, 4) is 11.4 Å². The van der Waals surface area contributed by atoms with Gasteiger partial charge in [-0.3, -0.25) is 0 Å². The van der Waals surface area contributed by atoms with Gasteiger partial charge < -0.3 is 5.32 Å². The Bertz CT molecular complexity index is 643. The molecule has 3 rings (SSSR count). The number of aryl methyl sites for hydroxylation is 2. The first-order chi connectivity index (χ1) is 10.2. The van der Waals surface area contributed by atoms with Crippen LogP contribution in [0.4, 0.5) is 5.82 Å². The zero-order valence-corrected chi connectivity index (χ0v) is 13.1. The summed E-state index contributed by atoms with van der Waals surface area (Å²) >= 11 is 0. The second-order valence-electron chi connectivity index (χ2n) is 6.03. The minimum Gasteiger partial charge on any atom is -0.373 e. The van der Waals surface area contributed by atoms with Crippen LogP contribution in [0.2, 0.25) is 0 Å². The average molecular weight is 281 g/mol. The minimum absolute atomic E-state index is 0.602. The number of aromatic nitrogens is 2. The van der Waals surface area contributed by atoms with Crippen LogP contribution in [0.3, 0.4) is 0 Å². The van der Waals surface area contributed by atoms with Crippen LogP contribution in [0.1, 0.15) is 48.4 Å². The van der Waals surface area contributed by atoms with Gasteiger partial charge in [-0.05, 0) is 43.9 Å². The van der Waals surface area contributed by atoms with Crippen molar-refractivity contribution in [1.82, 2.24) is 9.97 Å². The van der Waals surface area contributed by atoms with Crippen LogP contribution in [-0.4, -0.2) is 17.0 Å². The Morgan fingerprint density at radius 3 is 2.43 bits per heavy atom. The summed E-state index contributed by atoms with van der Waals surface area (Å²) in [6, 6.07) is 8.56. The van der Waals surface area contributed by atoms with Gasteiger partial charge in [0.25, 0.3) is 0 Å². The molecule has 1 aliphatic rings. The quantitative estimate of drug-likeness (QED) is 0.902. The van der Waals surface area contributed by atoms with E-state index in [4.69, 9.17) is 4.98 Å². The Labute approximate surface area is 126 Å². The van der Waals surface area contributed by atoms with Gasteiger partial charge in [0, 0.05) is 30.3 Å². The van der Waals surface area contributed by atoms with Gasteiger partial charge in [0.1, 0.15) is 5.82 Å². The second-order valence-corrected chi connectivity index (χ2v) is 6.03. The largest absolute Gasteiger partial charge is 0.373 e. The molecule has 0 saturated heterocycles. The van der Waals surface area contributed by atoms with Crippen LogP contribution >= 0.6 is 0 Å². The standard InChI is InChI=1S/C18H23N3/c1-12-8-9-15(10-13(12)2)18-20-16(11-17(19-3)21-18)14-6-4-5-7-14/h8-11,14H,4-7H2,1-3H3,(H,19,20,21). The van der Waals surface area contributed by atoms with E-state index in [0.29, 0.717) is 5.92 Å². The van der Waals surface area contributed by atoms with Gasteiger partial charge in [-0.15, -0.1) is 0 Å². The van der Waals surface area contributed by atoms with E-state index >= 15 is 0 Å². The van der Waals surface area contributed by atoms with Crippen LogP contribution < -0.4 is 5.32 Å². The molecule has 3 heteroatoms. The van der Waals surface area contributed by atoms with Gasteiger partial charge in [-0.25, -0.2) is 9.97 Å². The van der Waals surface area contributed by atoms with Crippen LogP contribution in [0.25, 0.3) is 11.4 Å². The fourth-order valence-corrected chi connectivity index (χ4v) is 3.03. The molecule has 1 heterocycles. The molecule has 0 aliphatic heterocycles. The third kappa shape index (κ3) is 2.92. The van der Waals surface area contributed by atoms with E-state index in [1.54, 1.807) is 0 Å². The Kier molecular flexibility index (Phi) is 3.91. The summed E-state index contributed by atoms with van der Waals surface area (Å²) in [5.41, 5.74) is 4.89. The molecule has 0 unspecified atom stereocenters. The van der Waals surface area contributed by atoms with Crippen LogP contribution in [0.5, 0.6) is 0 Å².